The number of nitrogens with zero attached hydrogens (tertiary/aromatic N) is 2. The van der Waals surface area contributed by atoms with Gasteiger partial charge in [0.05, 0.1) is 16.1 Å². The van der Waals surface area contributed by atoms with E-state index in [2.05, 4.69) is 5.32 Å². The Morgan fingerprint density at radius 2 is 2.19 bits per heavy atom. The molecule has 0 aliphatic carbocycles. The number of aromatic nitrogens is 1. The predicted octanol–water partition coefficient (Wildman–Crippen LogP) is 3.03. The van der Waals surface area contributed by atoms with Gasteiger partial charge in [-0.2, -0.15) is 0 Å². The van der Waals surface area contributed by atoms with Crippen LogP contribution in [0.2, 0.25) is 5.02 Å². The molecule has 2 rings (SSSR count). The van der Waals surface area contributed by atoms with Crippen molar-refractivity contribution >= 4 is 28.9 Å². The zero-order chi connectivity index (χ0) is 15.6. The van der Waals surface area contributed by atoms with Gasteiger partial charge in [-0.3, -0.25) is 14.9 Å². The maximum Gasteiger partial charge on any atom is 0.287 e. The largest absolute Gasteiger partial charge is 0.506 e. The summed E-state index contributed by atoms with van der Waals surface area (Å²) in [5, 5.41) is 22.8. The minimum atomic E-state index is -0.555. The molecule has 0 aliphatic rings. The van der Waals surface area contributed by atoms with E-state index < -0.39 is 10.8 Å². The smallest absolute Gasteiger partial charge is 0.287 e. The molecule has 2 aromatic rings. The van der Waals surface area contributed by atoms with E-state index in [0.29, 0.717) is 12.2 Å². The average molecular weight is 310 g/mol. The second kappa shape index (κ2) is 5.84. The van der Waals surface area contributed by atoms with Crippen LogP contribution in [0.5, 0.6) is 5.75 Å². The average Bonchev–Trinajstić information content (AvgIpc) is 2.87. The summed E-state index contributed by atoms with van der Waals surface area (Å²) in [4.78, 5) is 22.4. The SMILES string of the molecule is CCn1cc([N+](=O)[O-])cc1C(=O)Nc1ccc(O)c(Cl)c1. The number of carbonyl (C=O) groups is 1. The molecule has 8 heteroatoms. The first-order valence-corrected chi connectivity index (χ1v) is 6.44. The minimum absolute atomic E-state index is 0.0952. The van der Waals surface area contributed by atoms with Crippen LogP contribution in [0.3, 0.4) is 0 Å². The lowest BCUT2D eigenvalue weighted by Gasteiger charge is -2.08. The maximum atomic E-state index is 12.2. The molecular formula is C13H12ClN3O4. The van der Waals surface area contributed by atoms with Crippen molar-refractivity contribution in [2.45, 2.75) is 13.5 Å². The van der Waals surface area contributed by atoms with Crippen molar-refractivity contribution in [3.05, 3.63) is 51.3 Å². The minimum Gasteiger partial charge on any atom is -0.506 e. The summed E-state index contributed by atoms with van der Waals surface area (Å²) in [6.07, 6.45) is 1.30. The highest BCUT2D eigenvalue weighted by Crippen LogP contribution is 2.26. The molecule has 1 amide bonds. The van der Waals surface area contributed by atoms with Crippen molar-refractivity contribution < 1.29 is 14.8 Å². The highest BCUT2D eigenvalue weighted by atomic mass is 35.5. The highest BCUT2D eigenvalue weighted by Gasteiger charge is 2.18. The topological polar surface area (TPSA) is 97.4 Å². The van der Waals surface area contributed by atoms with E-state index in [9.17, 15) is 20.0 Å². The van der Waals surface area contributed by atoms with Crippen LogP contribution in [0.4, 0.5) is 11.4 Å². The number of carbonyl (C=O) groups excluding carboxylic acids is 1. The van der Waals surface area contributed by atoms with Gasteiger partial charge in [-0.25, -0.2) is 0 Å². The molecule has 0 radical (unpaired) electrons. The van der Waals surface area contributed by atoms with Crippen LogP contribution in [0.15, 0.2) is 30.5 Å². The number of amides is 1. The molecule has 110 valence electrons. The molecule has 0 unspecified atom stereocenters. The lowest BCUT2D eigenvalue weighted by Crippen LogP contribution is -2.16. The van der Waals surface area contributed by atoms with Crippen LogP contribution in [0.25, 0.3) is 0 Å². The number of hydrogen-bond acceptors (Lipinski definition) is 4. The van der Waals surface area contributed by atoms with E-state index in [1.54, 1.807) is 6.92 Å². The number of nitro groups is 1. The summed E-state index contributed by atoms with van der Waals surface area (Å²) in [5.41, 5.74) is 0.411. The molecule has 0 aliphatic heterocycles. The third-order valence-electron chi connectivity index (χ3n) is 2.87. The number of nitrogens with one attached hydrogen (secondary N) is 1. The van der Waals surface area contributed by atoms with Crippen molar-refractivity contribution in [1.29, 1.82) is 0 Å². The van der Waals surface area contributed by atoms with Gasteiger partial charge in [0.1, 0.15) is 11.4 Å². The monoisotopic (exact) mass is 309 g/mol. The number of aromatic hydroxyl groups is 1. The number of hydrogen-bond donors (Lipinski definition) is 2. The molecule has 2 N–H and O–H groups in total. The van der Waals surface area contributed by atoms with E-state index in [0.717, 1.165) is 0 Å². The second-order valence-electron chi connectivity index (χ2n) is 4.25. The summed E-state index contributed by atoms with van der Waals surface area (Å²) in [5.74, 6) is -0.589. The lowest BCUT2D eigenvalue weighted by molar-refractivity contribution is -0.384. The molecule has 0 fully saturated rings. The Hall–Kier alpha value is -2.54. The Bertz CT molecular complexity index is 711. The van der Waals surface area contributed by atoms with Crippen LogP contribution in [-0.4, -0.2) is 20.5 Å². The van der Waals surface area contributed by atoms with Gasteiger partial charge in [0.25, 0.3) is 11.6 Å². The van der Waals surface area contributed by atoms with Crippen molar-refractivity contribution in [3.63, 3.8) is 0 Å². The zero-order valence-corrected chi connectivity index (χ0v) is 11.8. The van der Waals surface area contributed by atoms with Gasteiger partial charge in [-0.15, -0.1) is 0 Å². The third kappa shape index (κ3) is 3.14. The van der Waals surface area contributed by atoms with Crippen molar-refractivity contribution in [2.24, 2.45) is 0 Å². The first-order chi connectivity index (χ1) is 9.92. The van der Waals surface area contributed by atoms with Gasteiger partial charge in [-0.05, 0) is 25.1 Å². The van der Waals surface area contributed by atoms with Crippen molar-refractivity contribution in [3.8, 4) is 5.75 Å². The molecule has 1 aromatic carbocycles. The van der Waals surface area contributed by atoms with Crippen LogP contribution in [0.1, 0.15) is 17.4 Å². The molecule has 1 aromatic heterocycles. The summed E-state index contributed by atoms with van der Waals surface area (Å²) in [6.45, 7) is 2.20. The molecule has 0 spiro atoms. The fourth-order valence-corrected chi connectivity index (χ4v) is 2.01. The fourth-order valence-electron chi connectivity index (χ4n) is 1.83. The van der Waals surface area contributed by atoms with Crippen molar-refractivity contribution in [1.82, 2.24) is 4.57 Å². The Kier molecular flexibility index (Phi) is 4.13. The number of phenolic OH excluding ortho intramolecular Hbond substituents is 1. The fraction of sp³-hybridized carbons (Fsp3) is 0.154. The predicted molar refractivity (Wildman–Crippen MR) is 77.8 cm³/mol. The van der Waals surface area contributed by atoms with Gasteiger partial charge in [0, 0.05) is 18.3 Å². The number of halogens is 1. The quantitative estimate of drug-likeness (QED) is 0.515. The first-order valence-electron chi connectivity index (χ1n) is 6.06. The number of rotatable bonds is 4. The number of phenols is 1. The summed E-state index contributed by atoms with van der Waals surface area (Å²) in [6, 6.07) is 5.43. The van der Waals surface area contributed by atoms with Gasteiger partial charge >= 0.3 is 0 Å². The Morgan fingerprint density at radius 3 is 2.76 bits per heavy atom. The first kappa shape index (κ1) is 14.9. The van der Waals surface area contributed by atoms with E-state index in [1.807, 2.05) is 0 Å². The second-order valence-corrected chi connectivity index (χ2v) is 4.65. The summed E-state index contributed by atoms with van der Waals surface area (Å²) < 4.78 is 1.48. The Labute approximate surface area is 124 Å². The molecule has 0 saturated heterocycles. The number of benzene rings is 1. The summed E-state index contributed by atoms with van der Waals surface area (Å²) >= 11 is 5.75. The van der Waals surface area contributed by atoms with Gasteiger partial charge in [0.2, 0.25) is 0 Å². The molecular weight excluding hydrogens is 298 g/mol. The van der Waals surface area contributed by atoms with Gasteiger partial charge in [0.15, 0.2) is 0 Å². The number of anilines is 1. The highest BCUT2D eigenvalue weighted by molar-refractivity contribution is 6.32. The van der Waals surface area contributed by atoms with Crippen molar-refractivity contribution in [2.75, 3.05) is 5.32 Å². The van der Waals surface area contributed by atoms with E-state index in [4.69, 9.17) is 11.6 Å². The number of aryl methyl sites for hydroxylation is 1. The Morgan fingerprint density at radius 1 is 1.48 bits per heavy atom. The normalized spacial score (nSPS) is 10.4. The van der Waals surface area contributed by atoms with Crippen LogP contribution in [0, 0.1) is 10.1 Å². The molecule has 0 bridgehead atoms. The van der Waals surface area contributed by atoms with Crippen LogP contribution >= 0.6 is 11.6 Å². The lowest BCUT2D eigenvalue weighted by atomic mass is 10.3. The molecule has 21 heavy (non-hydrogen) atoms. The molecule has 1 heterocycles. The summed E-state index contributed by atoms with van der Waals surface area (Å²) in [7, 11) is 0. The zero-order valence-electron chi connectivity index (χ0n) is 11.0. The van der Waals surface area contributed by atoms with Crippen LogP contribution in [-0.2, 0) is 6.54 Å². The standard InChI is InChI=1S/C13H12ClN3O4/c1-2-16-7-9(17(20)21)6-11(16)13(19)15-8-3-4-12(18)10(14)5-8/h3-7,18H,2H2,1H3,(H,15,19). The van der Waals surface area contributed by atoms with E-state index in [1.165, 1.54) is 35.0 Å². The van der Waals surface area contributed by atoms with E-state index in [-0.39, 0.29) is 22.2 Å². The van der Waals surface area contributed by atoms with E-state index >= 15 is 0 Å². The Balaban J connectivity index is 2.27. The van der Waals surface area contributed by atoms with Gasteiger partial charge < -0.3 is 15.0 Å². The maximum absolute atomic E-state index is 12.2. The van der Waals surface area contributed by atoms with Crippen LogP contribution < -0.4 is 5.32 Å². The molecule has 0 atom stereocenters. The molecule has 7 nitrogen and oxygen atoms in total. The van der Waals surface area contributed by atoms with Gasteiger partial charge in [-0.1, -0.05) is 11.6 Å². The third-order valence-corrected chi connectivity index (χ3v) is 3.17. The molecule has 0 saturated carbocycles.